The van der Waals surface area contributed by atoms with E-state index in [0.717, 1.165) is 0 Å². The molecule has 11 heteroatoms. The van der Waals surface area contributed by atoms with Crippen LogP contribution >= 0.6 is 15.9 Å². The molecular weight excluding hydrogens is 461 g/mol. The number of rotatable bonds is 6. The van der Waals surface area contributed by atoms with E-state index in [0.29, 0.717) is 0 Å². The first-order valence-electron chi connectivity index (χ1n) is 7.78. The fourth-order valence-corrected chi connectivity index (χ4v) is 3.29. The number of halogens is 6. The van der Waals surface area contributed by atoms with Crippen molar-refractivity contribution in [2.45, 2.75) is 51.1 Å². The third-order valence-electron chi connectivity index (χ3n) is 3.33. The van der Waals surface area contributed by atoms with E-state index in [1.165, 1.54) is 6.92 Å². The second kappa shape index (κ2) is 8.95. The van der Waals surface area contributed by atoms with E-state index >= 15 is 0 Å². The molecule has 0 unspecified atom stereocenters. The Kier molecular flexibility index (Phi) is 7.95. The van der Waals surface area contributed by atoms with E-state index in [-0.39, 0.29) is 12.7 Å². The van der Waals surface area contributed by atoms with E-state index in [9.17, 15) is 31.0 Å². The molecule has 0 aliphatic carbocycles. The first-order chi connectivity index (χ1) is 12.2. The van der Waals surface area contributed by atoms with Crippen LogP contribution in [0.15, 0.2) is 10.5 Å². The number of nitrogens with one attached hydrogen (secondary N) is 1. The Bertz CT molecular complexity index is 734. The van der Waals surface area contributed by atoms with Crippen molar-refractivity contribution in [2.75, 3.05) is 6.61 Å². The summed E-state index contributed by atoms with van der Waals surface area (Å²) >= 11 is 2.63. The third-order valence-corrected chi connectivity index (χ3v) is 5.51. The monoisotopic (exact) mass is 479 g/mol. The van der Waals surface area contributed by atoms with Crippen LogP contribution in [0.1, 0.15) is 51.3 Å². The van der Waals surface area contributed by atoms with Gasteiger partial charge >= 0.3 is 12.1 Å². The molecule has 2 atom stereocenters. The summed E-state index contributed by atoms with van der Waals surface area (Å²) in [4.78, 5) is 11.8. The smallest absolute Gasteiger partial charge is 0.419 e. The summed E-state index contributed by atoms with van der Waals surface area (Å²) in [5, 5.41) is 0. The SMILES string of the molecule is CCOC(=O)C[C@H](N[S@](=O)C(C)(C)C)c1c(F)c(Br)cc(C(F)(F)F)c1F. The van der Waals surface area contributed by atoms with Crippen molar-refractivity contribution >= 4 is 32.9 Å². The van der Waals surface area contributed by atoms with E-state index in [1.807, 2.05) is 0 Å². The second-order valence-corrected chi connectivity index (χ2v) is 9.36. The van der Waals surface area contributed by atoms with Gasteiger partial charge in [0, 0.05) is 5.56 Å². The van der Waals surface area contributed by atoms with Gasteiger partial charge in [-0.15, -0.1) is 0 Å². The molecule has 0 bridgehead atoms. The normalized spacial score (nSPS) is 14.7. The van der Waals surface area contributed by atoms with Crippen LogP contribution in [0.25, 0.3) is 0 Å². The summed E-state index contributed by atoms with van der Waals surface area (Å²) in [6, 6.07) is -1.36. The number of benzene rings is 1. The molecule has 0 heterocycles. The van der Waals surface area contributed by atoms with Crippen molar-refractivity contribution in [3.8, 4) is 0 Å². The van der Waals surface area contributed by atoms with Gasteiger partial charge in [-0.05, 0) is 49.7 Å². The summed E-state index contributed by atoms with van der Waals surface area (Å²) in [6.07, 6.45) is -5.80. The zero-order valence-electron chi connectivity index (χ0n) is 15.0. The zero-order chi connectivity index (χ0) is 21.2. The van der Waals surface area contributed by atoms with Gasteiger partial charge in [-0.3, -0.25) is 4.79 Å². The van der Waals surface area contributed by atoms with Gasteiger partial charge in [0.2, 0.25) is 0 Å². The lowest BCUT2D eigenvalue weighted by Crippen LogP contribution is -2.37. The molecule has 0 spiro atoms. The average molecular weight is 480 g/mol. The van der Waals surface area contributed by atoms with Crippen LogP contribution in [0.5, 0.6) is 0 Å². The molecule has 1 N–H and O–H groups in total. The summed E-state index contributed by atoms with van der Waals surface area (Å²) in [7, 11) is -1.93. The highest BCUT2D eigenvalue weighted by molar-refractivity contribution is 9.10. The van der Waals surface area contributed by atoms with E-state index in [2.05, 4.69) is 20.7 Å². The highest BCUT2D eigenvalue weighted by Gasteiger charge is 2.39. The van der Waals surface area contributed by atoms with Crippen molar-refractivity contribution in [1.29, 1.82) is 0 Å². The molecule has 0 radical (unpaired) electrons. The number of alkyl halides is 3. The molecule has 4 nitrogen and oxygen atoms in total. The maximum atomic E-state index is 14.6. The Morgan fingerprint density at radius 1 is 1.26 bits per heavy atom. The van der Waals surface area contributed by atoms with Gasteiger partial charge in [-0.25, -0.2) is 17.7 Å². The highest BCUT2D eigenvalue weighted by Crippen LogP contribution is 2.39. The van der Waals surface area contributed by atoms with Crippen LogP contribution in [-0.2, 0) is 26.7 Å². The summed E-state index contributed by atoms with van der Waals surface area (Å²) in [5.41, 5.74) is -2.75. The number of carbonyl (C=O) groups excluding carboxylic acids is 1. The quantitative estimate of drug-likeness (QED) is 0.362. The lowest BCUT2D eigenvalue weighted by atomic mass is 10.00. The molecule has 154 valence electrons. The van der Waals surface area contributed by atoms with Gasteiger partial charge in [0.1, 0.15) is 11.6 Å². The zero-order valence-corrected chi connectivity index (χ0v) is 17.4. The standard InChI is InChI=1S/C16H19BrF5NO3S/c1-5-26-11(24)7-10(23-27(25)15(2,3)4)12-13(18)8(16(20,21)22)6-9(17)14(12)19/h6,10,23H,5,7H2,1-4H3/t10-,27+/m0/s1. The molecule has 27 heavy (non-hydrogen) atoms. The lowest BCUT2D eigenvalue weighted by Gasteiger charge is -2.25. The highest BCUT2D eigenvalue weighted by atomic mass is 79.9. The van der Waals surface area contributed by atoms with Crippen LogP contribution in [0.2, 0.25) is 0 Å². The van der Waals surface area contributed by atoms with Crippen LogP contribution in [0.3, 0.4) is 0 Å². The topological polar surface area (TPSA) is 55.4 Å². The Morgan fingerprint density at radius 2 is 1.81 bits per heavy atom. The minimum atomic E-state index is -5.09. The van der Waals surface area contributed by atoms with Crippen LogP contribution in [0.4, 0.5) is 22.0 Å². The van der Waals surface area contributed by atoms with Crippen molar-refractivity contribution in [3.63, 3.8) is 0 Å². The fraction of sp³-hybridized carbons (Fsp3) is 0.562. The van der Waals surface area contributed by atoms with Crippen LogP contribution < -0.4 is 4.72 Å². The maximum absolute atomic E-state index is 14.6. The average Bonchev–Trinajstić information content (AvgIpc) is 2.49. The van der Waals surface area contributed by atoms with Gasteiger partial charge in [-0.2, -0.15) is 13.2 Å². The fourth-order valence-electron chi connectivity index (χ4n) is 2.03. The molecule has 0 saturated carbocycles. The van der Waals surface area contributed by atoms with E-state index in [1.54, 1.807) is 20.8 Å². The molecule has 0 aliphatic heterocycles. The third kappa shape index (κ3) is 6.21. The van der Waals surface area contributed by atoms with Gasteiger partial charge in [-0.1, -0.05) is 0 Å². The summed E-state index contributed by atoms with van der Waals surface area (Å²) in [6.45, 7) is 6.10. The molecular formula is C16H19BrF5NO3S. The molecule has 0 amide bonds. The molecule has 0 aromatic heterocycles. The van der Waals surface area contributed by atoms with Crippen molar-refractivity contribution in [1.82, 2.24) is 4.72 Å². The first-order valence-corrected chi connectivity index (χ1v) is 9.72. The maximum Gasteiger partial charge on any atom is 0.419 e. The van der Waals surface area contributed by atoms with E-state index < -0.39 is 67.6 Å². The van der Waals surface area contributed by atoms with Crippen LogP contribution in [0, 0.1) is 11.6 Å². The second-order valence-electron chi connectivity index (χ2n) is 6.51. The van der Waals surface area contributed by atoms with E-state index in [4.69, 9.17) is 4.74 Å². The lowest BCUT2D eigenvalue weighted by molar-refractivity contribution is -0.143. The molecule has 1 aromatic rings. The number of hydrogen-bond acceptors (Lipinski definition) is 3. The predicted molar refractivity (Wildman–Crippen MR) is 94.1 cm³/mol. The van der Waals surface area contributed by atoms with Crippen LogP contribution in [-0.4, -0.2) is 21.5 Å². The van der Waals surface area contributed by atoms with Gasteiger partial charge in [0.05, 0.1) is 44.8 Å². The van der Waals surface area contributed by atoms with Gasteiger partial charge in [0.15, 0.2) is 0 Å². The molecule has 1 aromatic carbocycles. The molecule has 0 saturated heterocycles. The van der Waals surface area contributed by atoms with Crippen molar-refractivity contribution < 1.29 is 35.7 Å². The van der Waals surface area contributed by atoms with Gasteiger partial charge < -0.3 is 4.74 Å². The number of carbonyl (C=O) groups is 1. The Labute approximate surface area is 164 Å². The molecule has 0 aliphatic rings. The van der Waals surface area contributed by atoms with Crippen molar-refractivity contribution in [3.05, 3.63) is 33.3 Å². The summed E-state index contributed by atoms with van der Waals surface area (Å²) in [5.74, 6) is -4.11. The Hall–Kier alpha value is -1.07. The summed E-state index contributed by atoms with van der Waals surface area (Å²) < 4.78 is 86.2. The molecule has 0 fully saturated rings. The minimum Gasteiger partial charge on any atom is -0.466 e. The minimum absolute atomic E-state index is 0.0365. The number of esters is 1. The largest absolute Gasteiger partial charge is 0.466 e. The predicted octanol–water partition coefficient (Wildman–Crippen LogP) is 4.79. The number of ether oxygens (including phenoxy) is 1. The van der Waals surface area contributed by atoms with Crippen molar-refractivity contribution in [2.24, 2.45) is 0 Å². The molecule has 1 rings (SSSR count). The Morgan fingerprint density at radius 3 is 2.26 bits per heavy atom. The Balaban J connectivity index is 3.54. The van der Waals surface area contributed by atoms with Gasteiger partial charge in [0.25, 0.3) is 0 Å². The number of hydrogen-bond donors (Lipinski definition) is 1. The first kappa shape index (κ1) is 24.0.